The van der Waals surface area contributed by atoms with Crippen molar-refractivity contribution in [3.8, 4) is 0 Å². The Bertz CT molecular complexity index is 1210. The lowest BCUT2D eigenvalue weighted by molar-refractivity contribution is -0.450. The van der Waals surface area contributed by atoms with Gasteiger partial charge in [0.25, 0.3) is 10.0 Å². The molecule has 1 aromatic heterocycles. The van der Waals surface area contributed by atoms with Crippen LogP contribution in [0.25, 0.3) is 11.0 Å². The molecule has 0 bridgehead atoms. The number of fused-ring (bicyclic) bond motifs is 1. The Hall–Kier alpha value is -3.39. The molecule has 8 heteroatoms. The second kappa shape index (κ2) is 8.96. The van der Waals surface area contributed by atoms with Crippen molar-refractivity contribution in [2.24, 2.45) is 12.8 Å². The lowest BCUT2D eigenvalue weighted by Gasteiger charge is -2.19. The van der Waals surface area contributed by atoms with Crippen molar-refractivity contribution >= 4 is 33.0 Å². The number of nitrogens with zero attached hydrogens (tertiary/aromatic N) is 3. The summed E-state index contributed by atoms with van der Waals surface area (Å²) >= 11 is 0. The molecule has 3 aromatic rings. The monoisotopic (exact) mass is 424 g/mol. The number of hydrogen-bond donors (Lipinski definition) is 2. The van der Waals surface area contributed by atoms with Gasteiger partial charge in [0.15, 0.2) is 6.21 Å². The van der Waals surface area contributed by atoms with Gasteiger partial charge in [0, 0.05) is 25.9 Å². The van der Waals surface area contributed by atoms with Gasteiger partial charge in [0.05, 0.1) is 28.0 Å². The normalized spacial score (nSPS) is 12.5. The minimum Gasteiger partial charge on any atom is -0.399 e. The quantitative estimate of drug-likeness (QED) is 0.418. The molecule has 0 spiro atoms. The summed E-state index contributed by atoms with van der Waals surface area (Å²) in [7, 11) is -0.207. The van der Waals surface area contributed by atoms with Crippen LogP contribution in [0.15, 0.2) is 77.9 Å². The predicted octanol–water partition coefficient (Wildman–Crippen LogP) is 1.12. The average molecular weight is 425 g/mol. The third-order valence-corrected chi connectivity index (χ3v) is 6.63. The molecule has 156 valence electrons. The van der Waals surface area contributed by atoms with Crippen molar-refractivity contribution in [3.63, 3.8) is 0 Å². The molecule has 0 aliphatic carbocycles. The summed E-state index contributed by atoms with van der Waals surface area (Å²) in [4.78, 5) is 8.00. The molecule has 0 aliphatic heterocycles. The van der Waals surface area contributed by atoms with Crippen LogP contribution in [0.3, 0.4) is 0 Å². The van der Waals surface area contributed by atoms with E-state index in [4.69, 9.17) is 5.73 Å². The molecule has 0 aliphatic rings. The van der Waals surface area contributed by atoms with Crippen LogP contribution in [0.4, 0.5) is 5.69 Å². The number of sulfonamides is 1. The summed E-state index contributed by atoms with van der Waals surface area (Å²) in [5.74, 6) is 0.859. The van der Waals surface area contributed by atoms with Gasteiger partial charge in [-0.05, 0) is 36.4 Å². The molecule has 0 amide bonds. The maximum atomic E-state index is 13.0. The first-order chi connectivity index (χ1) is 14.3. The van der Waals surface area contributed by atoms with E-state index in [1.165, 1.54) is 4.31 Å². The second-order valence-electron chi connectivity index (χ2n) is 6.79. The number of aromatic nitrogens is 2. The van der Waals surface area contributed by atoms with Gasteiger partial charge in [0.2, 0.25) is 0 Å². The van der Waals surface area contributed by atoms with E-state index in [1.807, 2.05) is 29.8 Å². The van der Waals surface area contributed by atoms with E-state index >= 15 is 0 Å². The smallest absolute Gasteiger partial charge is 0.264 e. The van der Waals surface area contributed by atoms with E-state index in [2.05, 4.69) is 16.6 Å². The molecule has 0 radical (unpaired) electrons. The molecule has 0 fully saturated rings. The molecular weight excluding hydrogens is 398 g/mol. The maximum absolute atomic E-state index is 13.0. The summed E-state index contributed by atoms with van der Waals surface area (Å²) in [5, 5.41) is 0. The van der Waals surface area contributed by atoms with Gasteiger partial charge in [-0.3, -0.25) is 4.31 Å². The zero-order chi connectivity index (χ0) is 21.7. The topological polar surface area (TPSA) is 95.2 Å². The molecular formula is C22H26N5O2S+. The van der Waals surface area contributed by atoms with Crippen LogP contribution in [0.5, 0.6) is 0 Å². The number of benzene rings is 2. The van der Waals surface area contributed by atoms with Crippen molar-refractivity contribution in [3.05, 3.63) is 78.8 Å². The zero-order valence-corrected chi connectivity index (χ0v) is 17.9. The number of rotatable bonds is 8. The molecule has 2 aromatic carbocycles. The number of imidazole rings is 1. The first-order valence-corrected chi connectivity index (χ1v) is 10.9. The van der Waals surface area contributed by atoms with E-state index in [0.29, 0.717) is 29.9 Å². The van der Waals surface area contributed by atoms with Crippen molar-refractivity contribution < 1.29 is 13.4 Å². The van der Waals surface area contributed by atoms with Crippen LogP contribution in [-0.4, -0.2) is 37.8 Å². The highest BCUT2D eigenvalue weighted by Crippen LogP contribution is 2.25. The van der Waals surface area contributed by atoms with Gasteiger partial charge >= 0.3 is 0 Å². The Kier molecular flexibility index (Phi) is 6.37. The maximum Gasteiger partial charge on any atom is 0.264 e. The summed E-state index contributed by atoms with van der Waals surface area (Å²) in [6, 6.07) is 14.0. The van der Waals surface area contributed by atoms with Crippen LogP contribution < -0.4 is 15.0 Å². The Morgan fingerprint density at radius 3 is 2.70 bits per heavy atom. The Morgan fingerprint density at radius 1 is 1.27 bits per heavy atom. The molecule has 0 atom stereocenters. The highest BCUT2D eigenvalue weighted by Gasteiger charge is 2.22. The summed E-state index contributed by atoms with van der Waals surface area (Å²) < 4.78 is 29.3. The fourth-order valence-electron chi connectivity index (χ4n) is 3.04. The summed E-state index contributed by atoms with van der Waals surface area (Å²) in [6.07, 6.45) is 5.76. The molecule has 30 heavy (non-hydrogen) atoms. The zero-order valence-electron chi connectivity index (χ0n) is 17.1. The fourth-order valence-corrected chi connectivity index (χ4v) is 4.25. The Morgan fingerprint density at radius 2 is 2.00 bits per heavy atom. The molecule has 0 unspecified atom stereocenters. The minimum absolute atomic E-state index is 0.211. The van der Waals surface area contributed by atoms with Crippen molar-refractivity contribution in [2.45, 2.75) is 11.3 Å². The Labute approximate surface area is 176 Å². The van der Waals surface area contributed by atoms with E-state index in [1.54, 1.807) is 55.7 Å². The summed E-state index contributed by atoms with van der Waals surface area (Å²) in [5.41, 5.74) is 8.37. The predicted molar refractivity (Wildman–Crippen MR) is 121 cm³/mol. The number of aryl methyl sites for hydroxylation is 1. The van der Waals surface area contributed by atoms with Crippen LogP contribution in [-0.2, 0) is 23.5 Å². The highest BCUT2D eigenvalue weighted by molar-refractivity contribution is 7.92. The lowest BCUT2D eigenvalue weighted by atomic mass is 10.3. The van der Waals surface area contributed by atoms with Gasteiger partial charge in [-0.15, -0.1) is 0 Å². The van der Waals surface area contributed by atoms with Crippen LogP contribution >= 0.6 is 0 Å². The molecule has 0 saturated heterocycles. The van der Waals surface area contributed by atoms with Gasteiger partial charge < -0.3 is 10.3 Å². The van der Waals surface area contributed by atoms with Gasteiger partial charge in [-0.1, -0.05) is 24.8 Å². The molecule has 0 saturated carbocycles. The van der Waals surface area contributed by atoms with Crippen LogP contribution in [0.2, 0.25) is 0 Å². The average Bonchev–Trinajstić information content (AvgIpc) is 3.08. The number of hydrogen-bond acceptors (Lipinski definition) is 4. The first kappa shape index (κ1) is 21.3. The van der Waals surface area contributed by atoms with Crippen molar-refractivity contribution in [1.82, 2.24) is 9.55 Å². The minimum atomic E-state index is -3.68. The van der Waals surface area contributed by atoms with E-state index < -0.39 is 10.0 Å². The van der Waals surface area contributed by atoms with E-state index in [0.717, 1.165) is 11.3 Å². The SMILES string of the molecule is C=C/C(N)=C\C=[NH+]CCc1nc2cc(S(=O)(=O)N(C)c3ccccc3)ccc2n1C. The van der Waals surface area contributed by atoms with Crippen molar-refractivity contribution in [2.75, 3.05) is 17.9 Å². The summed E-state index contributed by atoms with van der Waals surface area (Å²) in [6.45, 7) is 4.26. The third kappa shape index (κ3) is 4.44. The lowest BCUT2D eigenvalue weighted by Crippen LogP contribution is -2.69. The Balaban J connectivity index is 1.84. The molecule has 3 N–H and O–H groups in total. The van der Waals surface area contributed by atoms with Gasteiger partial charge in [-0.2, -0.15) is 0 Å². The van der Waals surface area contributed by atoms with Gasteiger partial charge in [-0.25, -0.2) is 18.4 Å². The first-order valence-electron chi connectivity index (χ1n) is 9.48. The standard InChI is InChI=1S/C22H25N5O2S/c1-4-17(23)12-14-24-15-13-22-25-20-16-19(10-11-21(20)26(22)2)30(28,29)27(3)18-8-6-5-7-9-18/h4-12,14,16H,1,13,15,23H2,2-3H3/p+1/b17-12+,24-14?. The van der Waals surface area contributed by atoms with E-state index in [9.17, 15) is 8.42 Å². The number of nitrogens with two attached hydrogens (primary N) is 1. The van der Waals surface area contributed by atoms with Crippen LogP contribution in [0, 0.1) is 0 Å². The van der Waals surface area contributed by atoms with E-state index in [-0.39, 0.29) is 4.90 Å². The highest BCUT2D eigenvalue weighted by atomic mass is 32.2. The van der Waals surface area contributed by atoms with Gasteiger partial charge in [0.1, 0.15) is 12.4 Å². The number of allylic oxidation sites excluding steroid dienone is 2. The number of para-hydroxylation sites is 1. The molecule has 3 rings (SSSR count). The molecule has 1 heterocycles. The van der Waals surface area contributed by atoms with Crippen LogP contribution in [0.1, 0.15) is 5.82 Å². The fraction of sp³-hybridized carbons (Fsp3) is 0.182. The second-order valence-corrected chi connectivity index (χ2v) is 8.76. The van der Waals surface area contributed by atoms with Crippen molar-refractivity contribution in [1.29, 1.82) is 0 Å². The number of nitrogens with one attached hydrogen (secondary N) is 1. The molecule has 7 nitrogen and oxygen atoms in total. The number of anilines is 1. The third-order valence-electron chi connectivity index (χ3n) is 4.85. The largest absolute Gasteiger partial charge is 0.399 e.